The summed E-state index contributed by atoms with van der Waals surface area (Å²) in [4.78, 5) is 0. The highest BCUT2D eigenvalue weighted by molar-refractivity contribution is 5.18. The summed E-state index contributed by atoms with van der Waals surface area (Å²) >= 11 is 0. The van der Waals surface area contributed by atoms with Crippen LogP contribution in [-0.4, -0.2) is 17.8 Å². The van der Waals surface area contributed by atoms with Crippen molar-refractivity contribution < 1.29 is 5.11 Å². The van der Waals surface area contributed by atoms with Crippen LogP contribution in [0.5, 0.6) is 0 Å². The number of aliphatic hydroxyl groups excluding tert-OH is 1. The van der Waals surface area contributed by atoms with Crippen molar-refractivity contribution in [2.24, 2.45) is 5.92 Å². The molecule has 0 aliphatic rings. The Kier molecular flexibility index (Phi) is 6.99. The summed E-state index contributed by atoms with van der Waals surface area (Å²) in [6, 6.07) is 10.9. The fourth-order valence-electron chi connectivity index (χ4n) is 2.21. The summed E-state index contributed by atoms with van der Waals surface area (Å²) in [5.74, 6) is 0.644. The Morgan fingerprint density at radius 2 is 1.83 bits per heavy atom. The van der Waals surface area contributed by atoms with E-state index >= 15 is 0 Å². The van der Waals surface area contributed by atoms with Gasteiger partial charge in [0.15, 0.2) is 0 Å². The third-order valence-electron chi connectivity index (χ3n) is 3.13. The van der Waals surface area contributed by atoms with Gasteiger partial charge in [-0.15, -0.1) is 0 Å². The van der Waals surface area contributed by atoms with Crippen LogP contribution in [-0.2, 0) is 0 Å². The number of nitrogens with one attached hydrogen (secondary N) is 1. The van der Waals surface area contributed by atoms with Crippen molar-refractivity contribution in [1.82, 2.24) is 5.32 Å². The first kappa shape index (κ1) is 15.2. The minimum absolute atomic E-state index is 0.228. The van der Waals surface area contributed by atoms with Crippen LogP contribution in [0, 0.1) is 5.92 Å². The van der Waals surface area contributed by atoms with Crippen molar-refractivity contribution >= 4 is 0 Å². The molecule has 0 aliphatic heterocycles. The zero-order valence-corrected chi connectivity index (χ0v) is 11.9. The topological polar surface area (TPSA) is 32.3 Å². The second-order valence-electron chi connectivity index (χ2n) is 5.44. The van der Waals surface area contributed by atoms with Crippen LogP contribution in [0.3, 0.4) is 0 Å². The van der Waals surface area contributed by atoms with Crippen LogP contribution in [0.25, 0.3) is 0 Å². The van der Waals surface area contributed by atoms with Gasteiger partial charge in [-0.05, 0) is 24.3 Å². The molecule has 1 aromatic carbocycles. The molecule has 2 unspecified atom stereocenters. The maximum Gasteiger partial charge on any atom is 0.0664 e. The average Bonchev–Trinajstić information content (AvgIpc) is 2.35. The Balaban J connectivity index is 2.56. The molecule has 0 amide bonds. The summed E-state index contributed by atoms with van der Waals surface area (Å²) in [6.45, 7) is 7.26. The van der Waals surface area contributed by atoms with Crippen molar-refractivity contribution in [3.05, 3.63) is 35.9 Å². The van der Waals surface area contributed by atoms with E-state index in [4.69, 9.17) is 0 Å². The van der Waals surface area contributed by atoms with Gasteiger partial charge in [0.2, 0.25) is 0 Å². The summed E-state index contributed by atoms with van der Waals surface area (Å²) in [6.07, 6.45) is 2.77. The summed E-state index contributed by atoms with van der Waals surface area (Å²) in [5, 5.41) is 13.3. The van der Waals surface area contributed by atoms with Crippen molar-refractivity contribution in [3.63, 3.8) is 0 Å². The SMILES string of the molecule is CCCC(O)CNC(CC(C)C)c1ccccc1. The first-order valence-electron chi connectivity index (χ1n) is 7.09. The molecule has 0 fully saturated rings. The van der Waals surface area contributed by atoms with E-state index in [-0.39, 0.29) is 6.10 Å². The minimum Gasteiger partial charge on any atom is -0.392 e. The second kappa shape index (κ2) is 8.28. The Morgan fingerprint density at radius 1 is 1.17 bits per heavy atom. The second-order valence-corrected chi connectivity index (χ2v) is 5.44. The Morgan fingerprint density at radius 3 is 2.39 bits per heavy atom. The molecular weight excluding hydrogens is 222 g/mol. The summed E-state index contributed by atoms with van der Waals surface area (Å²) in [7, 11) is 0. The van der Waals surface area contributed by atoms with E-state index in [1.165, 1.54) is 5.56 Å². The summed E-state index contributed by atoms with van der Waals surface area (Å²) < 4.78 is 0. The zero-order valence-electron chi connectivity index (χ0n) is 11.9. The third kappa shape index (κ3) is 5.65. The first-order chi connectivity index (χ1) is 8.63. The van der Waals surface area contributed by atoms with E-state index in [9.17, 15) is 5.11 Å². The molecule has 0 spiro atoms. The Bertz CT molecular complexity index is 310. The number of hydrogen-bond donors (Lipinski definition) is 2. The van der Waals surface area contributed by atoms with Gasteiger partial charge in [-0.1, -0.05) is 57.5 Å². The first-order valence-corrected chi connectivity index (χ1v) is 7.09. The average molecular weight is 249 g/mol. The predicted octanol–water partition coefficient (Wildman–Crippen LogP) is 3.52. The molecule has 1 aromatic rings. The molecule has 0 saturated heterocycles. The molecule has 2 nitrogen and oxygen atoms in total. The molecule has 18 heavy (non-hydrogen) atoms. The van der Waals surface area contributed by atoms with E-state index in [1.54, 1.807) is 0 Å². The largest absolute Gasteiger partial charge is 0.392 e. The maximum absolute atomic E-state index is 9.82. The van der Waals surface area contributed by atoms with E-state index in [0.29, 0.717) is 18.5 Å². The highest BCUT2D eigenvalue weighted by atomic mass is 16.3. The van der Waals surface area contributed by atoms with E-state index in [1.807, 2.05) is 6.07 Å². The smallest absolute Gasteiger partial charge is 0.0664 e. The number of rotatable bonds is 8. The van der Waals surface area contributed by atoms with E-state index in [0.717, 1.165) is 19.3 Å². The number of hydrogen-bond acceptors (Lipinski definition) is 2. The van der Waals surface area contributed by atoms with Crippen molar-refractivity contribution in [3.8, 4) is 0 Å². The van der Waals surface area contributed by atoms with Crippen LogP contribution in [0.4, 0.5) is 0 Å². The third-order valence-corrected chi connectivity index (χ3v) is 3.13. The molecule has 2 N–H and O–H groups in total. The van der Waals surface area contributed by atoms with Gasteiger partial charge in [0.1, 0.15) is 0 Å². The quantitative estimate of drug-likeness (QED) is 0.739. The predicted molar refractivity (Wildman–Crippen MR) is 77.6 cm³/mol. The molecule has 0 aromatic heterocycles. The van der Waals surface area contributed by atoms with Gasteiger partial charge in [0, 0.05) is 12.6 Å². The van der Waals surface area contributed by atoms with Gasteiger partial charge < -0.3 is 10.4 Å². The van der Waals surface area contributed by atoms with Crippen molar-refractivity contribution in [2.45, 2.75) is 52.2 Å². The molecule has 2 atom stereocenters. The molecule has 0 aliphatic carbocycles. The van der Waals surface area contributed by atoms with Crippen LogP contribution in [0.2, 0.25) is 0 Å². The lowest BCUT2D eigenvalue weighted by Gasteiger charge is -2.23. The Hall–Kier alpha value is -0.860. The lowest BCUT2D eigenvalue weighted by atomic mass is 9.97. The fraction of sp³-hybridized carbons (Fsp3) is 0.625. The van der Waals surface area contributed by atoms with Gasteiger partial charge >= 0.3 is 0 Å². The van der Waals surface area contributed by atoms with Gasteiger partial charge in [0.05, 0.1) is 6.10 Å². The normalized spacial score (nSPS) is 14.7. The number of benzene rings is 1. The van der Waals surface area contributed by atoms with Gasteiger partial charge in [0.25, 0.3) is 0 Å². The lowest BCUT2D eigenvalue weighted by Crippen LogP contribution is -2.31. The lowest BCUT2D eigenvalue weighted by molar-refractivity contribution is 0.154. The summed E-state index contributed by atoms with van der Waals surface area (Å²) in [5.41, 5.74) is 1.31. The Labute approximate surface area is 111 Å². The zero-order chi connectivity index (χ0) is 13.4. The monoisotopic (exact) mass is 249 g/mol. The standard InChI is InChI=1S/C16H27NO/c1-4-8-15(18)12-17-16(11-13(2)3)14-9-6-5-7-10-14/h5-7,9-10,13,15-18H,4,8,11-12H2,1-3H3. The molecule has 0 heterocycles. The molecule has 102 valence electrons. The van der Waals surface area contributed by atoms with E-state index in [2.05, 4.69) is 50.4 Å². The molecule has 0 bridgehead atoms. The van der Waals surface area contributed by atoms with Gasteiger partial charge in [-0.2, -0.15) is 0 Å². The highest BCUT2D eigenvalue weighted by Gasteiger charge is 2.14. The van der Waals surface area contributed by atoms with Crippen LogP contribution in [0.15, 0.2) is 30.3 Å². The van der Waals surface area contributed by atoms with Gasteiger partial charge in [-0.25, -0.2) is 0 Å². The molecule has 1 rings (SSSR count). The fourth-order valence-corrected chi connectivity index (χ4v) is 2.21. The van der Waals surface area contributed by atoms with Gasteiger partial charge in [-0.3, -0.25) is 0 Å². The van der Waals surface area contributed by atoms with Crippen LogP contribution < -0.4 is 5.32 Å². The minimum atomic E-state index is -0.228. The van der Waals surface area contributed by atoms with Crippen molar-refractivity contribution in [2.75, 3.05) is 6.54 Å². The molecular formula is C16H27NO. The number of aliphatic hydroxyl groups is 1. The van der Waals surface area contributed by atoms with Crippen LogP contribution in [0.1, 0.15) is 51.6 Å². The molecule has 2 heteroatoms. The highest BCUT2D eigenvalue weighted by Crippen LogP contribution is 2.21. The van der Waals surface area contributed by atoms with Crippen LogP contribution >= 0.6 is 0 Å². The van der Waals surface area contributed by atoms with E-state index < -0.39 is 0 Å². The van der Waals surface area contributed by atoms with Crippen molar-refractivity contribution in [1.29, 1.82) is 0 Å². The maximum atomic E-state index is 9.82. The molecule has 0 saturated carbocycles. The molecule has 0 radical (unpaired) electrons.